The Morgan fingerprint density at radius 1 is 1.22 bits per heavy atom. The molecule has 3 rings (SSSR count). The summed E-state index contributed by atoms with van der Waals surface area (Å²) >= 11 is 0. The third-order valence-electron chi connectivity index (χ3n) is 4.15. The van der Waals surface area contributed by atoms with Crippen LogP contribution in [0.4, 0.5) is 10.1 Å². The number of carboxylic acids is 1. The van der Waals surface area contributed by atoms with Gasteiger partial charge in [-0.2, -0.15) is 0 Å². The fraction of sp³-hybridized carbons (Fsp3) is 0.167. The van der Waals surface area contributed by atoms with Crippen LogP contribution in [0.3, 0.4) is 0 Å². The van der Waals surface area contributed by atoms with Gasteiger partial charge in [0.25, 0.3) is 0 Å². The lowest BCUT2D eigenvalue weighted by Gasteiger charge is -2.19. The van der Waals surface area contributed by atoms with Crippen LogP contribution in [0.25, 0.3) is 22.3 Å². The molecule has 7 nitrogen and oxygen atoms in total. The van der Waals surface area contributed by atoms with Gasteiger partial charge in [-0.05, 0) is 30.3 Å². The fourth-order valence-electron chi connectivity index (χ4n) is 2.72. The number of hydrogen-bond acceptors (Lipinski definition) is 5. The Morgan fingerprint density at radius 2 is 1.85 bits per heavy atom. The van der Waals surface area contributed by atoms with E-state index in [2.05, 4.69) is 0 Å². The summed E-state index contributed by atoms with van der Waals surface area (Å²) in [6.45, 7) is 0. The molecule has 0 unspecified atom stereocenters. The van der Waals surface area contributed by atoms with Crippen LogP contribution in [-0.2, 0) is 10.0 Å². The highest BCUT2D eigenvalue weighted by molar-refractivity contribution is 7.92. The second kappa shape index (κ2) is 6.58. The fourth-order valence-corrected chi connectivity index (χ4v) is 3.22. The van der Waals surface area contributed by atoms with Crippen molar-refractivity contribution in [2.24, 2.45) is 0 Å². The monoisotopic (exact) mass is 393 g/mol. The molecule has 0 radical (unpaired) electrons. The molecule has 0 spiro atoms. The third-order valence-corrected chi connectivity index (χ3v) is 5.34. The standard InChI is InChI=1S/C18H16FNO6S/c1-20(27(3,23)24)13-9-14-12(8-15(13)25-2)16(18(21)22)17(26-14)10-4-6-11(19)7-5-10/h4-9H,1-3H3,(H,21,22). The smallest absolute Gasteiger partial charge is 0.340 e. The van der Waals surface area contributed by atoms with Crippen LogP contribution < -0.4 is 9.04 Å². The molecule has 0 bridgehead atoms. The van der Waals surface area contributed by atoms with Gasteiger partial charge in [0.2, 0.25) is 10.0 Å². The number of anilines is 1. The van der Waals surface area contributed by atoms with Crippen molar-refractivity contribution in [2.75, 3.05) is 24.7 Å². The minimum atomic E-state index is -3.58. The van der Waals surface area contributed by atoms with Crippen molar-refractivity contribution in [1.29, 1.82) is 0 Å². The first-order valence-electron chi connectivity index (χ1n) is 7.71. The Hall–Kier alpha value is -3.07. The predicted molar refractivity (Wildman–Crippen MR) is 98.4 cm³/mol. The molecule has 1 N–H and O–H groups in total. The number of benzene rings is 2. The summed E-state index contributed by atoms with van der Waals surface area (Å²) < 4.78 is 48.9. The molecule has 1 heterocycles. The topological polar surface area (TPSA) is 97.1 Å². The highest BCUT2D eigenvalue weighted by Crippen LogP contribution is 2.40. The first-order chi connectivity index (χ1) is 12.6. The number of nitrogens with zero attached hydrogens (tertiary/aromatic N) is 1. The van der Waals surface area contributed by atoms with Crippen LogP contribution in [0.2, 0.25) is 0 Å². The Morgan fingerprint density at radius 3 is 2.37 bits per heavy atom. The van der Waals surface area contributed by atoms with Gasteiger partial charge in [-0.3, -0.25) is 4.31 Å². The van der Waals surface area contributed by atoms with E-state index in [1.165, 1.54) is 50.6 Å². The molecule has 0 aliphatic heterocycles. The average Bonchev–Trinajstić information content (AvgIpc) is 2.98. The van der Waals surface area contributed by atoms with E-state index in [0.29, 0.717) is 5.56 Å². The number of halogens is 1. The number of sulfonamides is 1. The number of ether oxygens (including phenoxy) is 1. The highest BCUT2D eigenvalue weighted by Gasteiger charge is 2.25. The van der Waals surface area contributed by atoms with Crippen LogP contribution in [-0.4, -0.2) is 39.9 Å². The SMILES string of the molecule is COc1cc2c(C(=O)O)c(-c3ccc(F)cc3)oc2cc1N(C)S(C)(=O)=O. The molecule has 2 aromatic carbocycles. The number of furan rings is 1. The first-order valence-corrected chi connectivity index (χ1v) is 9.56. The van der Waals surface area contributed by atoms with E-state index in [9.17, 15) is 22.7 Å². The minimum Gasteiger partial charge on any atom is -0.495 e. The van der Waals surface area contributed by atoms with Gasteiger partial charge in [-0.15, -0.1) is 0 Å². The van der Waals surface area contributed by atoms with E-state index in [0.717, 1.165) is 10.6 Å². The summed E-state index contributed by atoms with van der Waals surface area (Å²) in [6.07, 6.45) is 1.03. The average molecular weight is 393 g/mol. The summed E-state index contributed by atoms with van der Waals surface area (Å²) in [6, 6.07) is 8.00. The molecule has 3 aromatic rings. The molecule has 0 atom stereocenters. The number of fused-ring (bicyclic) bond motifs is 1. The van der Waals surface area contributed by atoms with E-state index < -0.39 is 21.8 Å². The van der Waals surface area contributed by atoms with Crippen molar-refractivity contribution < 1.29 is 31.9 Å². The molecule has 0 saturated heterocycles. The maximum absolute atomic E-state index is 13.2. The molecule has 0 aliphatic carbocycles. The zero-order chi connectivity index (χ0) is 19.9. The van der Waals surface area contributed by atoms with E-state index in [1.807, 2.05) is 0 Å². The van der Waals surface area contributed by atoms with Crippen molar-refractivity contribution in [3.63, 3.8) is 0 Å². The normalized spacial score (nSPS) is 11.6. The lowest BCUT2D eigenvalue weighted by molar-refractivity contribution is 0.0699. The quantitative estimate of drug-likeness (QED) is 0.714. The Labute approximate surface area is 154 Å². The van der Waals surface area contributed by atoms with Gasteiger partial charge < -0.3 is 14.3 Å². The van der Waals surface area contributed by atoms with Crippen LogP contribution in [0, 0.1) is 5.82 Å². The zero-order valence-electron chi connectivity index (χ0n) is 14.7. The number of rotatable bonds is 5. The van der Waals surface area contributed by atoms with Gasteiger partial charge >= 0.3 is 5.97 Å². The highest BCUT2D eigenvalue weighted by atomic mass is 32.2. The summed E-state index contributed by atoms with van der Waals surface area (Å²) in [4.78, 5) is 11.8. The second-order valence-electron chi connectivity index (χ2n) is 5.87. The Kier molecular flexibility index (Phi) is 4.56. The van der Waals surface area contributed by atoms with Crippen LogP contribution >= 0.6 is 0 Å². The largest absolute Gasteiger partial charge is 0.495 e. The van der Waals surface area contributed by atoms with Gasteiger partial charge in [-0.25, -0.2) is 17.6 Å². The molecular weight excluding hydrogens is 377 g/mol. The van der Waals surface area contributed by atoms with E-state index in [-0.39, 0.29) is 33.7 Å². The van der Waals surface area contributed by atoms with Crippen molar-refractivity contribution in [3.05, 3.63) is 47.8 Å². The summed E-state index contributed by atoms with van der Waals surface area (Å²) in [7, 11) is -0.882. The number of methoxy groups -OCH3 is 1. The van der Waals surface area contributed by atoms with Crippen molar-refractivity contribution in [1.82, 2.24) is 0 Å². The third kappa shape index (κ3) is 3.33. The summed E-state index contributed by atoms with van der Waals surface area (Å²) in [5.74, 6) is -1.49. The maximum atomic E-state index is 13.2. The minimum absolute atomic E-state index is 0.0405. The van der Waals surface area contributed by atoms with Crippen LogP contribution in [0.15, 0.2) is 40.8 Å². The molecule has 0 amide bonds. The molecule has 142 valence electrons. The van der Waals surface area contributed by atoms with Gasteiger partial charge in [0.15, 0.2) is 0 Å². The second-order valence-corrected chi connectivity index (χ2v) is 7.88. The molecule has 27 heavy (non-hydrogen) atoms. The number of hydrogen-bond donors (Lipinski definition) is 1. The lowest BCUT2D eigenvalue weighted by Crippen LogP contribution is -2.25. The number of aromatic carboxylic acids is 1. The number of carboxylic acid groups (broad SMARTS) is 1. The Bertz CT molecular complexity index is 1130. The molecule has 0 aliphatic rings. The van der Waals surface area contributed by atoms with E-state index in [4.69, 9.17) is 9.15 Å². The molecular formula is C18H16FNO6S. The van der Waals surface area contributed by atoms with Gasteiger partial charge in [0, 0.05) is 24.1 Å². The lowest BCUT2D eigenvalue weighted by atomic mass is 10.0. The van der Waals surface area contributed by atoms with Crippen LogP contribution in [0.1, 0.15) is 10.4 Å². The van der Waals surface area contributed by atoms with Crippen LogP contribution in [0.5, 0.6) is 5.75 Å². The first kappa shape index (κ1) is 18.7. The molecule has 9 heteroatoms. The molecule has 0 fully saturated rings. The Balaban J connectivity index is 2.32. The van der Waals surface area contributed by atoms with Gasteiger partial charge in [0.1, 0.15) is 28.5 Å². The van der Waals surface area contributed by atoms with Gasteiger partial charge in [-0.1, -0.05) is 0 Å². The van der Waals surface area contributed by atoms with Crippen molar-refractivity contribution >= 4 is 32.6 Å². The molecule has 0 saturated carbocycles. The maximum Gasteiger partial charge on any atom is 0.340 e. The summed E-state index contributed by atoms with van der Waals surface area (Å²) in [5, 5.41) is 9.90. The summed E-state index contributed by atoms with van der Waals surface area (Å²) in [5.41, 5.74) is 0.618. The van der Waals surface area contributed by atoms with E-state index >= 15 is 0 Å². The van der Waals surface area contributed by atoms with Crippen molar-refractivity contribution in [2.45, 2.75) is 0 Å². The molecule has 1 aromatic heterocycles. The zero-order valence-corrected chi connectivity index (χ0v) is 15.5. The predicted octanol–water partition coefficient (Wildman–Crippen LogP) is 3.34. The van der Waals surface area contributed by atoms with Gasteiger partial charge in [0.05, 0.1) is 19.1 Å². The van der Waals surface area contributed by atoms with E-state index in [1.54, 1.807) is 0 Å². The van der Waals surface area contributed by atoms with Crippen molar-refractivity contribution in [3.8, 4) is 17.1 Å². The number of carbonyl (C=O) groups is 1.